The van der Waals surface area contributed by atoms with Crippen LogP contribution in [0.2, 0.25) is 0 Å². The highest BCUT2D eigenvalue weighted by Gasteiger charge is 2.13. The van der Waals surface area contributed by atoms with Gasteiger partial charge in [0.1, 0.15) is 5.01 Å². The van der Waals surface area contributed by atoms with Crippen molar-refractivity contribution in [1.82, 2.24) is 10.2 Å². The van der Waals surface area contributed by atoms with Gasteiger partial charge >= 0.3 is 5.97 Å². The predicted octanol–water partition coefficient (Wildman–Crippen LogP) is 2.18. The summed E-state index contributed by atoms with van der Waals surface area (Å²) >= 11 is 6.83. The summed E-state index contributed by atoms with van der Waals surface area (Å²) in [5.74, 6) is -0.839. The Morgan fingerprint density at radius 2 is 2.33 bits per heavy atom. The fraction of sp³-hybridized carbons (Fsp3) is 0.125. The summed E-state index contributed by atoms with van der Waals surface area (Å²) in [6.07, 6.45) is 0.0223. The Bertz CT molecular complexity index is 492. The Hall–Kier alpha value is -0.920. The van der Waals surface area contributed by atoms with Crippen molar-refractivity contribution in [3.63, 3.8) is 0 Å². The number of nitrogens with zero attached hydrogens (tertiary/aromatic N) is 2. The molecule has 1 N–H and O–H groups in total. The summed E-state index contributed by atoms with van der Waals surface area (Å²) < 4.78 is 0.581. The second-order valence-electron chi connectivity index (χ2n) is 2.72. The number of thiol groups is 1. The van der Waals surface area contributed by atoms with E-state index in [0.717, 1.165) is 15.4 Å². The monoisotopic (exact) mass is 258 g/mol. The molecule has 0 fully saturated rings. The van der Waals surface area contributed by atoms with Gasteiger partial charge in [-0.1, -0.05) is 11.3 Å². The van der Waals surface area contributed by atoms with E-state index in [1.54, 1.807) is 0 Å². The molecule has 2 aromatic heterocycles. The van der Waals surface area contributed by atoms with Crippen LogP contribution in [0.1, 0.15) is 4.88 Å². The van der Waals surface area contributed by atoms with Gasteiger partial charge in [-0.2, -0.15) is 0 Å². The fourth-order valence-electron chi connectivity index (χ4n) is 1.13. The van der Waals surface area contributed by atoms with Gasteiger partial charge < -0.3 is 5.11 Å². The molecule has 0 atom stereocenters. The first-order valence-corrected chi connectivity index (χ1v) is 6.12. The summed E-state index contributed by atoms with van der Waals surface area (Å²) in [6.45, 7) is 0. The number of rotatable bonds is 3. The van der Waals surface area contributed by atoms with Crippen molar-refractivity contribution in [2.45, 2.75) is 10.8 Å². The zero-order valence-corrected chi connectivity index (χ0v) is 9.90. The highest BCUT2D eigenvalue weighted by atomic mass is 32.2. The first-order valence-electron chi connectivity index (χ1n) is 3.98. The van der Waals surface area contributed by atoms with Crippen molar-refractivity contribution >= 4 is 41.3 Å². The van der Waals surface area contributed by atoms with Crippen LogP contribution in [-0.2, 0) is 11.2 Å². The third kappa shape index (κ3) is 2.36. The quantitative estimate of drug-likeness (QED) is 0.828. The molecule has 78 valence electrons. The van der Waals surface area contributed by atoms with Gasteiger partial charge in [0.2, 0.25) is 0 Å². The maximum absolute atomic E-state index is 10.6. The Kier molecular flexibility index (Phi) is 3.03. The van der Waals surface area contributed by atoms with Crippen LogP contribution in [0.25, 0.3) is 10.6 Å². The lowest BCUT2D eigenvalue weighted by molar-refractivity contribution is -0.136. The topological polar surface area (TPSA) is 63.1 Å². The van der Waals surface area contributed by atoms with Gasteiger partial charge in [-0.05, 0) is 11.4 Å². The van der Waals surface area contributed by atoms with Crippen LogP contribution in [-0.4, -0.2) is 21.3 Å². The molecule has 0 aliphatic rings. The van der Waals surface area contributed by atoms with Crippen LogP contribution in [0, 0.1) is 0 Å². The summed E-state index contributed by atoms with van der Waals surface area (Å²) in [7, 11) is 0. The maximum Gasteiger partial charge on any atom is 0.308 e. The lowest BCUT2D eigenvalue weighted by atomic mass is 10.2. The van der Waals surface area contributed by atoms with E-state index in [1.165, 1.54) is 22.7 Å². The molecule has 0 saturated heterocycles. The highest BCUT2D eigenvalue weighted by molar-refractivity contribution is 7.82. The van der Waals surface area contributed by atoms with E-state index in [0.29, 0.717) is 4.34 Å². The molecule has 0 saturated carbocycles. The van der Waals surface area contributed by atoms with Crippen molar-refractivity contribution in [1.29, 1.82) is 0 Å². The molecule has 0 spiro atoms. The Morgan fingerprint density at radius 3 is 2.93 bits per heavy atom. The van der Waals surface area contributed by atoms with Crippen molar-refractivity contribution in [3.8, 4) is 10.6 Å². The standard InChI is InChI=1S/C8H6N2O2S3/c11-6(12)3-5-4(1-2-14-5)7-9-10-8(13)15-7/h1-2H,3H2,(H,10,13)(H,11,12). The maximum atomic E-state index is 10.6. The molecule has 0 bridgehead atoms. The second kappa shape index (κ2) is 4.30. The summed E-state index contributed by atoms with van der Waals surface area (Å²) in [6, 6.07) is 1.86. The van der Waals surface area contributed by atoms with Crippen LogP contribution in [0.5, 0.6) is 0 Å². The van der Waals surface area contributed by atoms with E-state index >= 15 is 0 Å². The van der Waals surface area contributed by atoms with E-state index in [1.807, 2.05) is 11.4 Å². The third-order valence-corrected chi connectivity index (χ3v) is 3.75. The van der Waals surface area contributed by atoms with E-state index in [9.17, 15) is 4.79 Å². The average Bonchev–Trinajstić information content (AvgIpc) is 2.72. The zero-order valence-electron chi connectivity index (χ0n) is 7.38. The van der Waals surface area contributed by atoms with Gasteiger partial charge in [0.25, 0.3) is 0 Å². The summed E-state index contributed by atoms with van der Waals surface area (Å²) in [4.78, 5) is 11.4. The van der Waals surface area contributed by atoms with Crippen LogP contribution >= 0.6 is 35.3 Å². The largest absolute Gasteiger partial charge is 0.481 e. The Labute approximate surface area is 99.0 Å². The smallest absolute Gasteiger partial charge is 0.308 e. The van der Waals surface area contributed by atoms with Crippen LogP contribution < -0.4 is 0 Å². The van der Waals surface area contributed by atoms with Crippen LogP contribution in [0.4, 0.5) is 0 Å². The number of hydrogen-bond donors (Lipinski definition) is 2. The lowest BCUT2D eigenvalue weighted by Gasteiger charge is -1.95. The molecule has 0 aliphatic heterocycles. The minimum absolute atomic E-state index is 0.0223. The second-order valence-corrected chi connectivity index (χ2v) is 5.42. The molecule has 0 radical (unpaired) electrons. The molecule has 7 heteroatoms. The molecule has 4 nitrogen and oxygen atoms in total. The summed E-state index contributed by atoms with van der Waals surface area (Å²) in [5, 5.41) is 19.0. The number of aliphatic carboxylic acids is 1. The van der Waals surface area contributed by atoms with Gasteiger partial charge in [-0.3, -0.25) is 4.79 Å². The first-order chi connectivity index (χ1) is 7.16. The minimum Gasteiger partial charge on any atom is -0.481 e. The van der Waals surface area contributed by atoms with Crippen molar-refractivity contribution in [3.05, 3.63) is 16.3 Å². The number of hydrogen-bond acceptors (Lipinski definition) is 6. The minimum atomic E-state index is -0.839. The van der Waals surface area contributed by atoms with Crippen molar-refractivity contribution < 1.29 is 9.90 Å². The van der Waals surface area contributed by atoms with Crippen LogP contribution in [0.3, 0.4) is 0 Å². The molecule has 15 heavy (non-hydrogen) atoms. The number of aromatic nitrogens is 2. The Morgan fingerprint density at radius 1 is 1.53 bits per heavy atom. The third-order valence-electron chi connectivity index (χ3n) is 1.70. The molecule has 2 aromatic rings. The summed E-state index contributed by atoms with van der Waals surface area (Å²) in [5.41, 5.74) is 0.847. The molecular formula is C8H6N2O2S3. The number of carboxylic acids is 1. The van der Waals surface area contributed by atoms with Gasteiger partial charge in [0.05, 0.1) is 6.42 Å². The highest BCUT2D eigenvalue weighted by Crippen LogP contribution is 2.31. The van der Waals surface area contributed by atoms with E-state index < -0.39 is 5.97 Å². The van der Waals surface area contributed by atoms with Gasteiger partial charge in [0, 0.05) is 10.4 Å². The average molecular weight is 258 g/mol. The SMILES string of the molecule is O=C(O)Cc1sccc1-c1nnc(S)s1. The van der Waals surface area contributed by atoms with Crippen molar-refractivity contribution in [2.24, 2.45) is 0 Å². The van der Waals surface area contributed by atoms with Crippen LogP contribution in [0.15, 0.2) is 15.8 Å². The molecular weight excluding hydrogens is 252 g/mol. The van der Waals surface area contributed by atoms with E-state index in [2.05, 4.69) is 22.8 Å². The molecule has 0 aliphatic carbocycles. The lowest BCUT2D eigenvalue weighted by Crippen LogP contribution is -1.98. The Balaban J connectivity index is 2.36. The van der Waals surface area contributed by atoms with Gasteiger partial charge in [-0.25, -0.2) is 0 Å². The van der Waals surface area contributed by atoms with E-state index in [4.69, 9.17) is 5.11 Å². The zero-order chi connectivity index (χ0) is 10.8. The molecule has 0 unspecified atom stereocenters. The number of carboxylic acid groups (broad SMARTS) is 1. The van der Waals surface area contributed by atoms with Gasteiger partial charge in [0.15, 0.2) is 4.34 Å². The molecule has 0 amide bonds. The fourth-order valence-corrected chi connectivity index (χ4v) is 3.00. The number of thiophene rings is 1. The number of carbonyl (C=O) groups is 1. The molecule has 2 rings (SSSR count). The normalized spacial score (nSPS) is 10.5. The first kappa shape index (κ1) is 10.6. The van der Waals surface area contributed by atoms with E-state index in [-0.39, 0.29) is 6.42 Å². The predicted molar refractivity (Wildman–Crippen MR) is 61.8 cm³/mol. The molecule has 2 heterocycles. The van der Waals surface area contributed by atoms with Gasteiger partial charge in [-0.15, -0.1) is 34.2 Å². The molecule has 0 aromatic carbocycles. The van der Waals surface area contributed by atoms with Crippen molar-refractivity contribution in [2.75, 3.05) is 0 Å².